The lowest BCUT2D eigenvalue weighted by atomic mass is 10.1. The standard InChI is InChI=1S/C21H21N3O4/c1-13(25)22-16-4-6-17(7-5-16)23-20(26)10-3-14-11-15-12-18(28-2)8-9-19(15)24-21(14)27/h4-9,11-12H,3,10H2,1-2H3,(H,22,25)(H,23,26)(H,24,27). The van der Waals surface area contributed by atoms with Crippen molar-refractivity contribution >= 4 is 34.1 Å². The molecule has 1 aromatic heterocycles. The number of pyridine rings is 1. The van der Waals surface area contributed by atoms with Crippen molar-refractivity contribution in [2.24, 2.45) is 0 Å². The Labute approximate surface area is 161 Å². The molecule has 0 aliphatic heterocycles. The number of rotatable bonds is 6. The Bertz CT molecular complexity index is 1070. The van der Waals surface area contributed by atoms with E-state index in [9.17, 15) is 14.4 Å². The van der Waals surface area contributed by atoms with Crippen LogP contribution in [0.15, 0.2) is 53.3 Å². The minimum atomic E-state index is -0.204. The summed E-state index contributed by atoms with van der Waals surface area (Å²) < 4.78 is 5.21. The van der Waals surface area contributed by atoms with Crippen molar-refractivity contribution < 1.29 is 14.3 Å². The maximum Gasteiger partial charge on any atom is 0.251 e. The van der Waals surface area contributed by atoms with Gasteiger partial charge in [0.2, 0.25) is 11.8 Å². The van der Waals surface area contributed by atoms with Gasteiger partial charge >= 0.3 is 0 Å². The van der Waals surface area contributed by atoms with E-state index < -0.39 is 0 Å². The van der Waals surface area contributed by atoms with E-state index >= 15 is 0 Å². The summed E-state index contributed by atoms with van der Waals surface area (Å²) in [6, 6.07) is 14.0. The zero-order valence-corrected chi connectivity index (χ0v) is 15.7. The molecule has 0 atom stereocenters. The van der Waals surface area contributed by atoms with Crippen LogP contribution in [-0.4, -0.2) is 23.9 Å². The van der Waals surface area contributed by atoms with Gasteiger partial charge in [-0.15, -0.1) is 0 Å². The molecule has 0 radical (unpaired) electrons. The van der Waals surface area contributed by atoms with Crippen LogP contribution in [0.25, 0.3) is 10.9 Å². The highest BCUT2D eigenvalue weighted by atomic mass is 16.5. The number of H-pyrrole nitrogens is 1. The summed E-state index contributed by atoms with van der Waals surface area (Å²) in [6.45, 7) is 1.43. The van der Waals surface area contributed by atoms with Crippen LogP contribution in [0.2, 0.25) is 0 Å². The third kappa shape index (κ3) is 4.76. The van der Waals surface area contributed by atoms with Crippen molar-refractivity contribution in [2.75, 3.05) is 17.7 Å². The number of aromatic nitrogens is 1. The van der Waals surface area contributed by atoms with Crippen LogP contribution in [0.4, 0.5) is 11.4 Å². The zero-order valence-electron chi connectivity index (χ0n) is 15.7. The van der Waals surface area contributed by atoms with Gasteiger partial charge in [-0.3, -0.25) is 14.4 Å². The van der Waals surface area contributed by atoms with E-state index in [0.29, 0.717) is 29.1 Å². The molecule has 0 saturated heterocycles. The number of fused-ring (bicyclic) bond motifs is 1. The number of anilines is 2. The molecule has 3 N–H and O–H groups in total. The molecule has 0 saturated carbocycles. The molecule has 3 aromatic rings. The first-order chi connectivity index (χ1) is 13.4. The first-order valence-electron chi connectivity index (χ1n) is 8.82. The maximum atomic E-state index is 12.2. The van der Waals surface area contributed by atoms with Crippen LogP contribution in [0.3, 0.4) is 0 Å². The van der Waals surface area contributed by atoms with Gasteiger partial charge < -0.3 is 20.4 Å². The van der Waals surface area contributed by atoms with Crippen LogP contribution in [-0.2, 0) is 16.0 Å². The molecule has 144 valence electrons. The molecule has 2 amide bonds. The molecular weight excluding hydrogens is 358 g/mol. The fraction of sp³-hybridized carbons (Fsp3) is 0.190. The van der Waals surface area contributed by atoms with Crippen molar-refractivity contribution in [3.8, 4) is 5.75 Å². The maximum absolute atomic E-state index is 12.2. The number of aromatic amines is 1. The van der Waals surface area contributed by atoms with E-state index in [1.165, 1.54) is 6.92 Å². The van der Waals surface area contributed by atoms with Crippen molar-refractivity contribution in [3.63, 3.8) is 0 Å². The van der Waals surface area contributed by atoms with Crippen LogP contribution >= 0.6 is 0 Å². The van der Waals surface area contributed by atoms with E-state index in [0.717, 1.165) is 10.9 Å². The van der Waals surface area contributed by atoms with Gasteiger partial charge in [0.1, 0.15) is 5.75 Å². The second-order valence-electron chi connectivity index (χ2n) is 6.38. The van der Waals surface area contributed by atoms with E-state index in [1.807, 2.05) is 6.07 Å². The normalized spacial score (nSPS) is 10.5. The first-order valence-corrected chi connectivity index (χ1v) is 8.82. The molecule has 7 nitrogen and oxygen atoms in total. The zero-order chi connectivity index (χ0) is 20.1. The van der Waals surface area contributed by atoms with Crippen molar-refractivity contribution in [1.82, 2.24) is 4.98 Å². The van der Waals surface area contributed by atoms with E-state index in [-0.39, 0.29) is 23.8 Å². The van der Waals surface area contributed by atoms with Gasteiger partial charge in [0.25, 0.3) is 5.56 Å². The SMILES string of the molecule is COc1ccc2[nH]c(=O)c(CCC(=O)Nc3ccc(NC(C)=O)cc3)cc2c1. The summed E-state index contributed by atoms with van der Waals surface area (Å²) in [4.78, 5) is 38.3. The van der Waals surface area contributed by atoms with Gasteiger partial charge in [-0.2, -0.15) is 0 Å². The Morgan fingerprint density at radius 3 is 2.32 bits per heavy atom. The largest absolute Gasteiger partial charge is 0.497 e. The van der Waals surface area contributed by atoms with Crippen LogP contribution < -0.4 is 20.9 Å². The highest BCUT2D eigenvalue weighted by molar-refractivity contribution is 5.92. The Morgan fingerprint density at radius 1 is 1.00 bits per heavy atom. The monoisotopic (exact) mass is 379 g/mol. The molecule has 7 heteroatoms. The Hall–Kier alpha value is -3.61. The number of ether oxygens (including phenoxy) is 1. The highest BCUT2D eigenvalue weighted by Crippen LogP contribution is 2.19. The molecule has 1 heterocycles. The Kier molecular flexibility index (Phi) is 5.74. The van der Waals surface area contributed by atoms with Gasteiger partial charge in [0.15, 0.2) is 0 Å². The number of carbonyl (C=O) groups is 2. The van der Waals surface area contributed by atoms with Crippen molar-refractivity contribution in [3.05, 3.63) is 64.4 Å². The summed E-state index contributed by atoms with van der Waals surface area (Å²) in [5, 5.41) is 6.30. The number of nitrogens with one attached hydrogen (secondary N) is 3. The number of hydrogen-bond acceptors (Lipinski definition) is 4. The number of benzene rings is 2. The minimum absolute atomic E-state index is 0.157. The second kappa shape index (κ2) is 8.39. The molecule has 3 rings (SSSR count). The predicted molar refractivity (Wildman–Crippen MR) is 109 cm³/mol. The van der Waals surface area contributed by atoms with E-state index in [1.54, 1.807) is 49.6 Å². The Balaban J connectivity index is 1.64. The van der Waals surface area contributed by atoms with Crippen molar-refractivity contribution in [2.45, 2.75) is 19.8 Å². The molecule has 0 aliphatic rings. The molecule has 0 spiro atoms. The number of hydrogen-bond donors (Lipinski definition) is 3. The Morgan fingerprint density at radius 2 is 1.68 bits per heavy atom. The smallest absolute Gasteiger partial charge is 0.251 e. The fourth-order valence-corrected chi connectivity index (χ4v) is 2.85. The van der Waals surface area contributed by atoms with Gasteiger partial charge in [-0.1, -0.05) is 0 Å². The predicted octanol–water partition coefficient (Wildman–Crippen LogP) is 3.07. The molecule has 0 fully saturated rings. The van der Waals surface area contributed by atoms with Gasteiger partial charge in [-0.05, 0) is 55.0 Å². The molecule has 2 aromatic carbocycles. The lowest BCUT2D eigenvalue weighted by molar-refractivity contribution is -0.116. The first kappa shape index (κ1) is 19.2. The number of carbonyl (C=O) groups excluding carboxylic acids is 2. The van der Waals surface area contributed by atoms with Crippen LogP contribution in [0, 0.1) is 0 Å². The van der Waals surface area contributed by atoms with Crippen molar-refractivity contribution in [1.29, 1.82) is 0 Å². The van der Waals surface area contributed by atoms with E-state index in [4.69, 9.17) is 4.74 Å². The molecule has 0 aliphatic carbocycles. The lowest BCUT2D eigenvalue weighted by Crippen LogP contribution is -2.17. The highest BCUT2D eigenvalue weighted by Gasteiger charge is 2.08. The summed E-state index contributed by atoms with van der Waals surface area (Å²) in [7, 11) is 1.58. The van der Waals surface area contributed by atoms with Gasteiger partial charge in [0.05, 0.1) is 7.11 Å². The molecule has 28 heavy (non-hydrogen) atoms. The minimum Gasteiger partial charge on any atom is -0.497 e. The molecular formula is C21H21N3O4. The molecule has 0 bridgehead atoms. The average molecular weight is 379 g/mol. The summed E-state index contributed by atoms with van der Waals surface area (Å²) >= 11 is 0. The summed E-state index contributed by atoms with van der Waals surface area (Å²) in [5.41, 5.74) is 2.33. The van der Waals surface area contributed by atoms with Crippen LogP contribution in [0.5, 0.6) is 5.75 Å². The van der Waals surface area contributed by atoms with Gasteiger partial charge in [0, 0.05) is 41.2 Å². The average Bonchev–Trinajstić information content (AvgIpc) is 2.67. The third-order valence-corrected chi connectivity index (χ3v) is 4.24. The second-order valence-corrected chi connectivity index (χ2v) is 6.38. The van der Waals surface area contributed by atoms with E-state index in [2.05, 4.69) is 15.6 Å². The molecule has 0 unspecified atom stereocenters. The number of methoxy groups -OCH3 is 1. The summed E-state index contributed by atoms with van der Waals surface area (Å²) in [6.07, 6.45) is 0.490. The van der Waals surface area contributed by atoms with Crippen LogP contribution in [0.1, 0.15) is 18.9 Å². The number of amides is 2. The topological polar surface area (TPSA) is 100 Å². The summed E-state index contributed by atoms with van der Waals surface area (Å²) in [5.74, 6) is 0.346. The lowest BCUT2D eigenvalue weighted by Gasteiger charge is -2.08. The number of aryl methyl sites for hydroxylation is 1. The third-order valence-electron chi connectivity index (χ3n) is 4.24. The fourth-order valence-electron chi connectivity index (χ4n) is 2.85. The van der Waals surface area contributed by atoms with Gasteiger partial charge in [-0.25, -0.2) is 0 Å². The quantitative estimate of drug-likeness (QED) is 0.613.